The molecule has 5 N–H and O–H groups in total. The van der Waals surface area contributed by atoms with Crippen LogP contribution < -0.4 is 17.0 Å². The molecule has 0 aliphatic rings. The van der Waals surface area contributed by atoms with Gasteiger partial charge in [-0.1, -0.05) is 19.8 Å². The molecule has 0 fully saturated rings. The van der Waals surface area contributed by atoms with Gasteiger partial charge in [0.2, 0.25) is 5.96 Å². The van der Waals surface area contributed by atoms with E-state index in [0.717, 1.165) is 13.0 Å². The molecule has 60 valence electrons. The van der Waals surface area contributed by atoms with Gasteiger partial charge in [0.1, 0.15) is 0 Å². The zero-order valence-corrected chi connectivity index (χ0v) is 6.43. The zero-order valence-electron chi connectivity index (χ0n) is 6.43. The van der Waals surface area contributed by atoms with Crippen molar-refractivity contribution in [3.63, 3.8) is 0 Å². The van der Waals surface area contributed by atoms with Crippen molar-refractivity contribution < 1.29 is 0 Å². The highest BCUT2D eigenvalue weighted by Crippen LogP contribution is 1.92. The molecular weight excluding hydrogens is 128 g/mol. The van der Waals surface area contributed by atoms with E-state index in [-0.39, 0.29) is 0 Å². The molecular formula is C6H16N4. The zero-order chi connectivity index (χ0) is 7.82. The molecule has 0 saturated carbocycles. The number of nitrogens with zero attached hydrogens (tertiary/aromatic N) is 1. The summed E-state index contributed by atoms with van der Waals surface area (Å²) in [5.74, 6) is 5.30. The second-order valence-corrected chi connectivity index (χ2v) is 2.12. The van der Waals surface area contributed by atoms with E-state index < -0.39 is 0 Å². The van der Waals surface area contributed by atoms with Crippen LogP contribution in [0.3, 0.4) is 0 Å². The van der Waals surface area contributed by atoms with E-state index in [2.05, 4.69) is 17.3 Å². The van der Waals surface area contributed by atoms with Crippen molar-refractivity contribution in [2.24, 2.45) is 16.6 Å². The molecule has 0 spiro atoms. The maximum Gasteiger partial charge on any atom is 0.203 e. The number of hydrogen-bond donors (Lipinski definition) is 3. The number of unbranched alkanes of at least 4 members (excludes halogenated alkanes) is 2. The Morgan fingerprint density at radius 1 is 1.50 bits per heavy atom. The SMILES string of the molecule is CCCCCN=C(N)NN. The highest BCUT2D eigenvalue weighted by Gasteiger charge is 1.85. The van der Waals surface area contributed by atoms with Gasteiger partial charge in [-0.15, -0.1) is 0 Å². The van der Waals surface area contributed by atoms with Crippen molar-refractivity contribution in [2.45, 2.75) is 26.2 Å². The van der Waals surface area contributed by atoms with Crippen LogP contribution >= 0.6 is 0 Å². The first kappa shape index (κ1) is 9.23. The molecule has 0 unspecified atom stereocenters. The summed E-state index contributed by atoms with van der Waals surface area (Å²) < 4.78 is 0. The van der Waals surface area contributed by atoms with Crippen molar-refractivity contribution >= 4 is 5.96 Å². The van der Waals surface area contributed by atoms with E-state index in [1.165, 1.54) is 12.8 Å². The van der Waals surface area contributed by atoms with Gasteiger partial charge in [0.05, 0.1) is 0 Å². The molecule has 4 heteroatoms. The maximum absolute atomic E-state index is 5.27. The second kappa shape index (κ2) is 6.35. The fourth-order valence-electron chi connectivity index (χ4n) is 0.607. The van der Waals surface area contributed by atoms with Crippen LogP contribution in [0.4, 0.5) is 0 Å². The summed E-state index contributed by atoms with van der Waals surface area (Å²) in [6.45, 7) is 2.91. The Balaban J connectivity index is 3.16. The van der Waals surface area contributed by atoms with Gasteiger partial charge in [0.25, 0.3) is 0 Å². The van der Waals surface area contributed by atoms with Gasteiger partial charge >= 0.3 is 0 Å². The van der Waals surface area contributed by atoms with Crippen LogP contribution in [-0.4, -0.2) is 12.5 Å². The van der Waals surface area contributed by atoms with Crippen molar-refractivity contribution in [2.75, 3.05) is 6.54 Å². The third-order valence-corrected chi connectivity index (χ3v) is 1.19. The van der Waals surface area contributed by atoms with Crippen LogP contribution in [0, 0.1) is 0 Å². The molecule has 0 radical (unpaired) electrons. The number of aliphatic imine (C=N–C) groups is 1. The average molecular weight is 144 g/mol. The summed E-state index contributed by atoms with van der Waals surface area (Å²) in [6, 6.07) is 0. The summed E-state index contributed by atoms with van der Waals surface area (Å²) in [6.07, 6.45) is 3.48. The number of guanidine groups is 1. The Morgan fingerprint density at radius 2 is 2.20 bits per heavy atom. The molecule has 0 bridgehead atoms. The van der Waals surface area contributed by atoms with Gasteiger partial charge in [-0.25, -0.2) is 5.84 Å². The van der Waals surface area contributed by atoms with Gasteiger partial charge in [-0.2, -0.15) is 0 Å². The van der Waals surface area contributed by atoms with Crippen molar-refractivity contribution in [1.29, 1.82) is 0 Å². The number of hydrogen-bond acceptors (Lipinski definition) is 2. The summed E-state index contributed by atoms with van der Waals surface area (Å²) in [7, 11) is 0. The van der Waals surface area contributed by atoms with E-state index in [1.807, 2.05) is 0 Å². The molecule has 4 nitrogen and oxygen atoms in total. The van der Waals surface area contributed by atoms with E-state index in [4.69, 9.17) is 11.6 Å². The second-order valence-electron chi connectivity index (χ2n) is 2.12. The first-order valence-corrected chi connectivity index (χ1v) is 3.57. The summed E-state index contributed by atoms with van der Waals surface area (Å²) >= 11 is 0. The third kappa shape index (κ3) is 5.37. The Morgan fingerprint density at radius 3 is 2.70 bits per heavy atom. The van der Waals surface area contributed by atoms with Crippen LogP contribution in [0.15, 0.2) is 4.99 Å². The lowest BCUT2D eigenvalue weighted by Crippen LogP contribution is -2.37. The molecule has 0 aromatic rings. The minimum Gasteiger partial charge on any atom is -0.369 e. The monoisotopic (exact) mass is 144 g/mol. The van der Waals surface area contributed by atoms with Gasteiger partial charge in [0, 0.05) is 6.54 Å². The van der Waals surface area contributed by atoms with Crippen LogP contribution in [0.5, 0.6) is 0 Å². The quantitative estimate of drug-likeness (QED) is 0.170. The van der Waals surface area contributed by atoms with Gasteiger partial charge < -0.3 is 5.73 Å². The van der Waals surface area contributed by atoms with Crippen LogP contribution in [0.1, 0.15) is 26.2 Å². The Labute approximate surface area is 61.7 Å². The van der Waals surface area contributed by atoms with Gasteiger partial charge in [0.15, 0.2) is 0 Å². The van der Waals surface area contributed by atoms with E-state index in [9.17, 15) is 0 Å². The van der Waals surface area contributed by atoms with Crippen LogP contribution in [-0.2, 0) is 0 Å². The van der Waals surface area contributed by atoms with E-state index in [0.29, 0.717) is 5.96 Å². The molecule has 0 aromatic heterocycles. The highest BCUT2D eigenvalue weighted by atomic mass is 15.3. The molecule has 0 aromatic carbocycles. The molecule has 0 saturated heterocycles. The van der Waals surface area contributed by atoms with Crippen molar-refractivity contribution in [3.05, 3.63) is 0 Å². The Hall–Kier alpha value is -0.770. The number of hydrazine groups is 1. The minimum absolute atomic E-state index is 0.316. The normalized spacial score (nSPS) is 11.6. The van der Waals surface area contributed by atoms with Gasteiger partial charge in [-0.3, -0.25) is 10.4 Å². The topological polar surface area (TPSA) is 76.4 Å². The smallest absolute Gasteiger partial charge is 0.203 e. The standard InChI is InChI=1S/C6H16N4/c1-2-3-4-5-9-6(7)10-8/h2-5,8H2,1H3,(H3,7,9,10). The molecule has 0 amide bonds. The predicted octanol–water partition coefficient (Wildman–Crippen LogP) is -0.0454. The van der Waals surface area contributed by atoms with Crippen LogP contribution in [0.2, 0.25) is 0 Å². The van der Waals surface area contributed by atoms with Crippen LogP contribution in [0.25, 0.3) is 0 Å². The van der Waals surface area contributed by atoms with E-state index in [1.54, 1.807) is 0 Å². The third-order valence-electron chi connectivity index (χ3n) is 1.19. The minimum atomic E-state index is 0.316. The number of rotatable bonds is 4. The molecule has 0 aliphatic heterocycles. The Kier molecular flexibility index (Phi) is 5.86. The first-order valence-electron chi connectivity index (χ1n) is 3.57. The maximum atomic E-state index is 5.27. The highest BCUT2D eigenvalue weighted by molar-refractivity contribution is 5.76. The average Bonchev–Trinajstić information content (AvgIpc) is 1.98. The summed E-state index contributed by atoms with van der Waals surface area (Å²) in [5.41, 5.74) is 7.54. The number of nitrogens with two attached hydrogens (primary N) is 2. The molecule has 10 heavy (non-hydrogen) atoms. The first-order chi connectivity index (χ1) is 4.81. The summed E-state index contributed by atoms with van der Waals surface area (Å²) in [5, 5.41) is 0. The van der Waals surface area contributed by atoms with Crippen molar-refractivity contribution in [3.8, 4) is 0 Å². The molecule has 0 rings (SSSR count). The van der Waals surface area contributed by atoms with E-state index >= 15 is 0 Å². The van der Waals surface area contributed by atoms with Gasteiger partial charge in [-0.05, 0) is 6.42 Å². The molecule has 0 heterocycles. The lowest BCUT2D eigenvalue weighted by Gasteiger charge is -1.97. The molecule has 0 atom stereocenters. The molecule has 0 aliphatic carbocycles. The predicted molar refractivity (Wildman–Crippen MR) is 43.3 cm³/mol. The largest absolute Gasteiger partial charge is 0.369 e. The lowest BCUT2D eigenvalue weighted by molar-refractivity contribution is 0.725. The Bertz CT molecular complexity index is 99.9. The fourth-order valence-corrected chi connectivity index (χ4v) is 0.607. The fraction of sp³-hybridized carbons (Fsp3) is 0.833. The van der Waals surface area contributed by atoms with Crippen molar-refractivity contribution in [1.82, 2.24) is 5.43 Å². The lowest BCUT2D eigenvalue weighted by atomic mass is 10.2. The summed E-state index contributed by atoms with van der Waals surface area (Å²) in [4.78, 5) is 3.94. The number of nitrogens with one attached hydrogen (secondary N) is 1.